The van der Waals surface area contributed by atoms with Crippen molar-refractivity contribution in [3.63, 3.8) is 0 Å². The van der Waals surface area contributed by atoms with Gasteiger partial charge in [-0.1, -0.05) is 6.07 Å². The lowest BCUT2D eigenvalue weighted by Gasteiger charge is -2.48. The molecular formula is C27H28BrN7O. The molecule has 0 unspecified atom stereocenters. The number of carbonyl (C=O) groups is 1. The first-order chi connectivity index (χ1) is 17.6. The van der Waals surface area contributed by atoms with E-state index in [4.69, 9.17) is 10.1 Å². The topological polar surface area (TPSA) is 88.8 Å². The molecule has 3 aliphatic rings. The van der Waals surface area contributed by atoms with E-state index in [0.717, 1.165) is 89.9 Å². The Bertz CT molecular complexity index is 1470. The molecule has 0 bridgehead atoms. The normalized spacial score (nSPS) is 23.1. The summed E-state index contributed by atoms with van der Waals surface area (Å²) >= 11 is 3.58. The van der Waals surface area contributed by atoms with Gasteiger partial charge in [-0.15, -0.1) is 0 Å². The van der Waals surface area contributed by atoms with Gasteiger partial charge in [0.2, 0.25) is 5.91 Å². The molecule has 184 valence electrons. The lowest BCUT2D eigenvalue weighted by molar-refractivity contribution is -0.146. The van der Waals surface area contributed by atoms with Crippen molar-refractivity contribution in [3.8, 4) is 5.69 Å². The molecule has 1 aromatic carbocycles. The third-order valence-electron chi connectivity index (χ3n) is 8.32. The minimum atomic E-state index is 0.149. The van der Waals surface area contributed by atoms with Gasteiger partial charge >= 0.3 is 0 Å². The van der Waals surface area contributed by atoms with Crippen LogP contribution in [0, 0.1) is 17.3 Å². The number of fused-ring (bicyclic) bond motifs is 2. The Morgan fingerprint density at radius 2 is 2.11 bits per heavy atom. The third kappa shape index (κ3) is 3.80. The Morgan fingerprint density at radius 1 is 1.19 bits per heavy atom. The summed E-state index contributed by atoms with van der Waals surface area (Å²) in [6, 6.07) is 10.1. The number of likely N-dealkylation sites (tertiary alicyclic amines) is 1. The maximum absolute atomic E-state index is 13.1. The van der Waals surface area contributed by atoms with Crippen LogP contribution in [-0.4, -0.2) is 61.7 Å². The van der Waals surface area contributed by atoms with Gasteiger partial charge in [-0.2, -0.15) is 5.10 Å². The minimum Gasteiger partial charge on any atom is -0.341 e. The number of pyridine rings is 1. The molecule has 3 fully saturated rings. The van der Waals surface area contributed by atoms with Crippen LogP contribution in [0.4, 0.5) is 0 Å². The lowest BCUT2D eigenvalue weighted by Crippen LogP contribution is -2.60. The molecule has 8 nitrogen and oxygen atoms in total. The van der Waals surface area contributed by atoms with Crippen molar-refractivity contribution in [2.24, 2.45) is 17.3 Å². The highest BCUT2D eigenvalue weighted by atomic mass is 79.9. The van der Waals surface area contributed by atoms with Crippen molar-refractivity contribution in [1.82, 2.24) is 34.9 Å². The first-order valence-corrected chi connectivity index (χ1v) is 13.6. The summed E-state index contributed by atoms with van der Waals surface area (Å²) < 4.78 is 2.60. The molecule has 3 aromatic heterocycles. The summed E-state index contributed by atoms with van der Waals surface area (Å²) in [5.41, 5.74) is 3.03. The second-order valence-corrected chi connectivity index (χ2v) is 11.6. The molecular weight excluding hydrogens is 518 g/mol. The number of carbonyl (C=O) groups excluding carboxylic acids is 1. The van der Waals surface area contributed by atoms with E-state index < -0.39 is 0 Å². The maximum atomic E-state index is 13.1. The number of halogens is 1. The highest BCUT2D eigenvalue weighted by Crippen LogP contribution is 2.40. The number of aromatic nitrogens is 5. The van der Waals surface area contributed by atoms with Gasteiger partial charge in [0.15, 0.2) is 5.65 Å². The van der Waals surface area contributed by atoms with E-state index in [0.29, 0.717) is 17.2 Å². The smallest absolute Gasteiger partial charge is 0.225 e. The van der Waals surface area contributed by atoms with Gasteiger partial charge in [-0.25, -0.2) is 14.6 Å². The number of nitrogens with zero attached hydrogens (tertiary/aromatic N) is 6. The number of rotatable bonds is 4. The SMILES string of the molecule is O=C([C@@H]1CC[C@@H](Cc2ncc3c(Br)nn(-c4ccc5ncccc5c4)c3n2)C1)N1CC2(CCNC2)C1. The molecule has 1 saturated carbocycles. The van der Waals surface area contributed by atoms with Gasteiger partial charge < -0.3 is 10.2 Å². The van der Waals surface area contributed by atoms with E-state index in [9.17, 15) is 4.79 Å². The van der Waals surface area contributed by atoms with E-state index in [1.807, 2.05) is 29.1 Å². The fourth-order valence-corrected chi connectivity index (χ4v) is 6.80. The van der Waals surface area contributed by atoms with Crippen molar-refractivity contribution in [1.29, 1.82) is 0 Å². The van der Waals surface area contributed by atoms with E-state index in [1.54, 1.807) is 6.20 Å². The van der Waals surface area contributed by atoms with E-state index in [2.05, 4.69) is 48.2 Å². The number of benzene rings is 1. The Hall–Kier alpha value is -2.91. The van der Waals surface area contributed by atoms with Gasteiger partial charge in [0.05, 0.1) is 16.6 Å². The molecule has 5 heterocycles. The quantitative estimate of drug-likeness (QED) is 0.418. The van der Waals surface area contributed by atoms with Crippen LogP contribution in [0.5, 0.6) is 0 Å². The number of nitrogens with one attached hydrogen (secondary N) is 1. The molecule has 1 N–H and O–H groups in total. The predicted octanol–water partition coefficient (Wildman–Crippen LogP) is 3.91. The summed E-state index contributed by atoms with van der Waals surface area (Å²) in [6.45, 7) is 4.02. The van der Waals surface area contributed by atoms with Gasteiger partial charge in [0.25, 0.3) is 0 Å². The summed E-state index contributed by atoms with van der Waals surface area (Å²) in [7, 11) is 0. The molecule has 1 amide bonds. The molecule has 4 aromatic rings. The van der Waals surface area contributed by atoms with E-state index in [-0.39, 0.29) is 5.92 Å². The van der Waals surface area contributed by atoms with Crippen LogP contribution >= 0.6 is 15.9 Å². The lowest BCUT2D eigenvalue weighted by atomic mass is 9.78. The fourth-order valence-electron chi connectivity index (χ4n) is 6.36. The molecule has 9 heteroatoms. The van der Waals surface area contributed by atoms with E-state index >= 15 is 0 Å². The van der Waals surface area contributed by atoms with Crippen LogP contribution in [0.25, 0.3) is 27.6 Å². The van der Waals surface area contributed by atoms with Crippen LogP contribution in [0.1, 0.15) is 31.5 Å². The largest absolute Gasteiger partial charge is 0.341 e. The highest BCUT2D eigenvalue weighted by molar-refractivity contribution is 9.10. The summed E-state index contributed by atoms with van der Waals surface area (Å²) in [4.78, 5) is 29.2. The van der Waals surface area contributed by atoms with Crippen molar-refractivity contribution in [2.45, 2.75) is 32.1 Å². The summed E-state index contributed by atoms with van der Waals surface area (Å²) in [6.07, 6.45) is 8.62. The second kappa shape index (κ2) is 8.59. The van der Waals surface area contributed by atoms with Gasteiger partial charge in [0, 0.05) is 55.2 Å². The van der Waals surface area contributed by atoms with E-state index in [1.165, 1.54) is 6.42 Å². The standard InChI is InChI=1S/C27H28BrN7O/c28-24-21-13-31-23(32-25(21)35(33-24)20-5-6-22-18(12-20)2-1-8-30-22)11-17-3-4-19(10-17)26(36)34-15-27(16-34)7-9-29-14-27/h1-2,5-6,8,12-13,17,19,29H,3-4,7,9-11,14-16H2/t17-,19-/m1/s1. The Labute approximate surface area is 217 Å². The van der Waals surface area contributed by atoms with Crippen LogP contribution < -0.4 is 5.32 Å². The molecule has 7 rings (SSSR count). The summed E-state index contributed by atoms with van der Waals surface area (Å²) in [5, 5.41) is 10.1. The average Bonchev–Trinajstić information content (AvgIpc) is 3.62. The molecule has 2 atom stereocenters. The first kappa shape index (κ1) is 22.3. The number of hydrogen-bond acceptors (Lipinski definition) is 6. The zero-order valence-electron chi connectivity index (χ0n) is 20.0. The maximum Gasteiger partial charge on any atom is 0.225 e. The Kier molecular flexibility index (Phi) is 5.32. The molecule has 2 aliphatic heterocycles. The van der Waals surface area contributed by atoms with Gasteiger partial charge in [0.1, 0.15) is 10.4 Å². The average molecular weight is 546 g/mol. The number of amides is 1. The first-order valence-electron chi connectivity index (χ1n) is 12.8. The summed E-state index contributed by atoms with van der Waals surface area (Å²) in [5.74, 6) is 1.76. The molecule has 1 spiro atoms. The zero-order chi connectivity index (χ0) is 24.3. The second-order valence-electron chi connectivity index (χ2n) is 10.8. The van der Waals surface area contributed by atoms with Gasteiger partial charge in [-0.3, -0.25) is 9.78 Å². The van der Waals surface area contributed by atoms with Crippen molar-refractivity contribution in [2.75, 3.05) is 26.2 Å². The molecule has 1 aliphatic carbocycles. The molecule has 0 radical (unpaired) electrons. The minimum absolute atomic E-state index is 0.149. The molecule has 36 heavy (non-hydrogen) atoms. The predicted molar refractivity (Wildman–Crippen MR) is 141 cm³/mol. The van der Waals surface area contributed by atoms with Crippen molar-refractivity contribution in [3.05, 3.63) is 53.2 Å². The fraction of sp³-hybridized carbons (Fsp3) is 0.444. The highest BCUT2D eigenvalue weighted by Gasteiger charge is 2.48. The van der Waals surface area contributed by atoms with Crippen LogP contribution in [0.3, 0.4) is 0 Å². The Morgan fingerprint density at radius 3 is 2.97 bits per heavy atom. The van der Waals surface area contributed by atoms with Crippen molar-refractivity contribution >= 4 is 43.8 Å². The number of hydrogen-bond donors (Lipinski definition) is 1. The monoisotopic (exact) mass is 545 g/mol. The van der Waals surface area contributed by atoms with Crippen LogP contribution in [-0.2, 0) is 11.2 Å². The molecule has 2 saturated heterocycles. The Balaban J connectivity index is 1.08. The third-order valence-corrected chi connectivity index (χ3v) is 8.90. The van der Waals surface area contributed by atoms with Crippen LogP contribution in [0.15, 0.2) is 47.3 Å². The zero-order valence-corrected chi connectivity index (χ0v) is 21.6. The van der Waals surface area contributed by atoms with Crippen molar-refractivity contribution < 1.29 is 4.79 Å². The van der Waals surface area contributed by atoms with Gasteiger partial charge in [-0.05, 0) is 78.3 Å². The van der Waals surface area contributed by atoms with Crippen LogP contribution in [0.2, 0.25) is 0 Å².